The molecule has 0 spiro atoms. The van der Waals surface area contributed by atoms with E-state index in [0.717, 1.165) is 22.5 Å². The van der Waals surface area contributed by atoms with Gasteiger partial charge in [0.15, 0.2) is 0 Å². The summed E-state index contributed by atoms with van der Waals surface area (Å²) in [7, 11) is 0. The molecule has 0 aliphatic heterocycles. The third-order valence-electron chi connectivity index (χ3n) is 5.07. The van der Waals surface area contributed by atoms with E-state index < -0.39 is 0 Å². The summed E-state index contributed by atoms with van der Waals surface area (Å²) >= 11 is 7.25. The number of nitrogens with zero attached hydrogens (tertiary/aromatic N) is 3. The molecule has 0 saturated carbocycles. The minimum absolute atomic E-state index is 0.217. The van der Waals surface area contributed by atoms with Gasteiger partial charge in [0.2, 0.25) is 5.91 Å². The van der Waals surface area contributed by atoms with Crippen molar-refractivity contribution in [3.05, 3.63) is 86.0 Å². The van der Waals surface area contributed by atoms with Crippen LogP contribution in [0.3, 0.4) is 0 Å². The predicted molar refractivity (Wildman–Crippen MR) is 129 cm³/mol. The van der Waals surface area contributed by atoms with Gasteiger partial charge in [-0.2, -0.15) is 0 Å². The number of carbonyl (C=O) groups is 2. The molecule has 10 heteroatoms. The van der Waals surface area contributed by atoms with Crippen LogP contribution in [-0.2, 0) is 17.9 Å². The number of nitrogens with one attached hydrogen (secondary N) is 2. The molecule has 0 radical (unpaired) electrons. The third kappa shape index (κ3) is 4.94. The summed E-state index contributed by atoms with van der Waals surface area (Å²) in [4.78, 5) is 47.4. The lowest BCUT2D eigenvalue weighted by atomic mass is 10.2. The van der Waals surface area contributed by atoms with Crippen LogP contribution >= 0.6 is 22.9 Å². The number of anilines is 1. The number of carbonyl (C=O) groups excluding carboxylic acids is 2. The maximum atomic E-state index is 13.0. The quantitative estimate of drug-likeness (QED) is 0.437. The van der Waals surface area contributed by atoms with Crippen LogP contribution in [0, 0.1) is 13.8 Å². The Hall–Kier alpha value is -3.56. The lowest BCUT2D eigenvalue weighted by Crippen LogP contribution is -2.28. The minimum atomic E-state index is -0.388. The second-order valence-electron chi connectivity index (χ2n) is 7.47. The molecular formula is C23H20ClN5O3S. The van der Waals surface area contributed by atoms with E-state index >= 15 is 0 Å². The van der Waals surface area contributed by atoms with Crippen molar-refractivity contribution in [3.8, 4) is 0 Å². The lowest BCUT2D eigenvalue weighted by molar-refractivity contribution is -0.116. The molecular weight excluding hydrogens is 462 g/mol. The van der Waals surface area contributed by atoms with Crippen LogP contribution in [0.4, 0.5) is 5.69 Å². The maximum Gasteiger partial charge on any atom is 0.262 e. The Labute approximate surface area is 198 Å². The fourth-order valence-electron chi connectivity index (χ4n) is 3.28. The molecule has 8 nitrogen and oxygen atoms in total. The molecule has 168 valence electrons. The molecule has 0 aliphatic rings. The van der Waals surface area contributed by atoms with Crippen molar-refractivity contribution < 1.29 is 9.59 Å². The normalized spacial score (nSPS) is 10.9. The van der Waals surface area contributed by atoms with Gasteiger partial charge < -0.3 is 10.6 Å². The van der Waals surface area contributed by atoms with E-state index in [4.69, 9.17) is 11.6 Å². The molecule has 0 aliphatic carbocycles. The first-order valence-electron chi connectivity index (χ1n) is 10.0. The zero-order valence-corrected chi connectivity index (χ0v) is 19.5. The fraction of sp³-hybridized carbons (Fsp3) is 0.174. The number of hydrogen-bond donors (Lipinski definition) is 2. The number of aryl methyl sites for hydroxylation is 2. The summed E-state index contributed by atoms with van der Waals surface area (Å²) in [6.07, 6.45) is 4.65. The van der Waals surface area contributed by atoms with Crippen LogP contribution in [0.15, 0.2) is 53.8 Å². The number of fused-ring (bicyclic) bond motifs is 1. The van der Waals surface area contributed by atoms with Gasteiger partial charge >= 0.3 is 0 Å². The van der Waals surface area contributed by atoms with Crippen LogP contribution in [0.25, 0.3) is 10.2 Å². The molecule has 2 N–H and O–H groups in total. The highest BCUT2D eigenvalue weighted by Gasteiger charge is 2.20. The molecule has 0 unspecified atom stereocenters. The van der Waals surface area contributed by atoms with Gasteiger partial charge in [-0.25, -0.2) is 4.98 Å². The Kier molecular flexibility index (Phi) is 6.52. The van der Waals surface area contributed by atoms with E-state index in [0.29, 0.717) is 37.9 Å². The standard InChI is InChI=1S/C23H20ClN5O3S/c1-13-5-6-16(8-17(13)24)28-18(30)11-29-12-27-22-19(23(29)32)14(2)20(33-22)21(31)26-10-15-4-3-7-25-9-15/h3-9,12H,10-11H2,1-2H3,(H,26,31)(H,28,30). The van der Waals surface area contributed by atoms with Gasteiger partial charge in [0.25, 0.3) is 11.5 Å². The number of halogens is 1. The van der Waals surface area contributed by atoms with Gasteiger partial charge in [-0.1, -0.05) is 23.7 Å². The van der Waals surface area contributed by atoms with Crippen molar-refractivity contribution in [2.75, 3.05) is 5.32 Å². The number of benzene rings is 1. The van der Waals surface area contributed by atoms with Gasteiger partial charge in [0, 0.05) is 29.6 Å². The van der Waals surface area contributed by atoms with Crippen LogP contribution in [0.5, 0.6) is 0 Å². The van der Waals surface area contributed by atoms with E-state index in [2.05, 4.69) is 20.6 Å². The van der Waals surface area contributed by atoms with E-state index in [1.165, 1.54) is 10.9 Å². The maximum absolute atomic E-state index is 13.0. The van der Waals surface area contributed by atoms with Gasteiger partial charge in [0.1, 0.15) is 11.4 Å². The van der Waals surface area contributed by atoms with E-state index in [9.17, 15) is 14.4 Å². The summed E-state index contributed by atoms with van der Waals surface area (Å²) in [5.74, 6) is -0.681. The van der Waals surface area contributed by atoms with E-state index in [1.807, 2.05) is 13.0 Å². The first-order chi connectivity index (χ1) is 15.8. The van der Waals surface area contributed by atoms with Gasteiger partial charge in [-0.3, -0.25) is 23.9 Å². The summed E-state index contributed by atoms with van der Waals surface area (Å²) in [5.41, 5.74) is 2.46. The summed E-state index contributed by atoms with van der Waals surface area (Å²) in [6.45, 7) is 3.68. The molecule has 0 bridgehead atoms. The van der Waals surface area contributed by atoms with Crippen LogP contribution in [0.1, 0.15) is 26.4 Å². The summed E-state index contributed by atoms with van der Waals surface area (Å²) in [6, 6.07) is 8.84. The molecule has 0 atom stereocenters. The van der Waals surface area contributed by atoms with Crippen molar-refractivity contribution in [3.63, 3.8) is 0 Å². The van der Waals surface area contributed by atoms with Gasteiger partial charge in [-0.05, 0) is 48.7 Å². The van der Waals surface area contributed by atoms with Crippen molar-refractivity contribution >= 4 is 50.7 Å². The Bertz CT molecular complexity index is 1420. The zero-order valence-electron chi connectivity index (χ0n) is 17.9. The van der Waals surface area contributed by atoms with Crippen molar-refractivity contribution in [1.82, 2.24) is 19.9 Å². The topological polar surface area (TPSA) is 106 Å². The van der Waals surface area contributed by atoms with Crippen LogP contribution in [-0.4, -0.2) is 26.3 Å². The third-order valence-corrected chi connectivity index (χ3v) is 6.67. The first-order valence-corrected chi connectivity index (χ1v) is 11.2. The van der Waals surface area contributed by atoms with Gasteiger partial charge in [0.05, 0.1) is 16.6 Å². The highest BCUT2D eigenvalue weighted by atomic mass is 35.5. The van der Waals surface area contributed by atoms with Crippen molar-refractivity contribution in [2.24, 2.45) is 0 Å². The van der Waals surface area contributed by atoms with E-state index in [-0.39, 0.29) is 23.9 Å². The number of thiophene rings is 1. The van der Waals surface area contributed by atoms with Gasteiger partial charge in [-0.15, -0.1) is 11.3 Å². The van der Waals surface area contributed by atoms with E-state index in [1.54, 1.807) is 43.6 Å². The van der Waals surface area contributed by atoms with Crippen LogP contribution < -0.4 is 16.2 Å². The molecule has 1 aromatic carbocycles. The smallest absolute Gasteiger partial charge is 0.262 e. The summed E-state index contributed by atoms with van der Waals surface area (Å²) in [5, 5.41) is 6.44. The Balaban J connectivity index is 1.52. The molecule has 4 aromatic rings. The number of rotatable bonds is 6. The SMILES string of the molecule is Cc1ccc(NC(=O)Cn2cnc3sc(C(=O)NCc4cccnc4)c(C)c3c2=O)cc1Cl. The lowest BCUT2D eigenvalue weighted by Gasteiger charge is -2.08. The van der Waals surface area contributed by atoms with Crippen molar-refractivity contribution in [2.45, 2.75) is 26.9 Å². The molecule has 0 saturated heterocycles. The molecule has 33 heavy (non-hydrogen) atoms. The summed E-state index contributed by atoms with van der Waals surface area (Å²) < 4.78 is 1.23. The Morgan fingerprint density at radius 2 is 2.03 bits per heavy atom. The largest absolute Gasteiger partial charge is 0.347 e. The highest BCUT2D eigenvalue weighted by Crippen LogP contribution is 2.27. The number of pyridine rings is 1. The highest BCUT2D eigenvalue weighted by molar-refractivity contribution is 7.20. The zero-order chi connectivity index (χ0) is 23.5. The minimum Gasteiger partial charge on any atom is -0.347 e. The Morgan fingerprint density at radius 3 is 2.76 bits per heavy atom. The first kappa shape index (κ1) is 22.6. The molecule has 3 aromatic heterocycles. The molecule has 4 rings (SSSR count). The second-order valence-corrected chi connectivity index (χ2v) is 8.88. The monoisotopic (exact) mass is 481 g/mol. The average Bonchev–Trinajstić information content (AvgIpc) is 3.14. The number of hydrogen-bond acceptors (Lipinski definition) is 6. The second kappa shape index (κ2) is 9.51. The predicted octanol–water partition coefficient (Wildman–Crippen LogP) is 3.69. The van der Waals surface area contributed by atoms with Crippen molar-refractivity contribution in [1.29, 1.82) is 0 Å². The van der Waals surface area contributed by atoms with Crippen LogP contribution in [0.2, 0.25) is 5.02 Å². The molecule has 2 amide bonds. The number of amides is 2. The number of aromatic nitrogens is 3. The fourth-order valence-corrected chi connectivity index (χ4v) is 4.52. The Morgan fingerprint density at radius 1 is 1.21 bits per heavy atom. The average molecular weight is 482 g/mol. The molecule has 3 heterocycles. The molecule has 0 fully saturated rings.